The van der Waals surface area contributed by atoms with Crippen molar-refractivity contribution in [2.75, 3.05) is 51.0 Å². The second-order valence-corrected chi connectivity index (χ2v) is 15.0. The predicted octanol–water partition coefficient (Wildman–Crippen LogP) is 4.03. The van der Waals surface area contributed by atoms with E-state index in [1.807, 2.05) is 0 Å². The highest BCUT2D eigenvalue weighted by Crippen LogP contribution is 2.40. The maximum Gasteiger partial charge on any atom is 0.409 e. The van der Waals surface area contributed by atoms with Gasteiger partial charge in [-0.05, 0) is 75.3 Å². The maximum absolute atomic E-state index is 15.5. The van der Waals surface area contributed by atoms with Gasteiger partial charge in [0.05, 0.1) is 19.5 Å². The number of piperidine rings is 1. The van der Waals surface area contributed by atoms with Crippen LogP contribution < -0.4 is 16.0 Å². The molecule has 0 saturated carbocycles. The summed E-state index contributed by atoms with van der Waals surface area (Å²) in [5, 5.41) is 9.50. The van der Waals surface area contributed by atoms with Crippen LogP contribution in [-0.4, -0.2) is 99.5 Å². The minimum absolute atomic E-state index is 0.0875. The summed E-state index contributed by atoms with van der Waals surface area (Å²) in [6.45, 7) is 3.27. The van der Waals surface area contributed by atoms with Crippen molar-refractivity contribution in [1.29, 1.82) is 0 Å². The highest BCUT2D eigenvalue weighted by atomic mass is 35.5. The van der Waals surface area contributed by atoms with Crippen molar-refractivity contribution in [1.82, 2.24) is 19.8 Å². The highest BCUT2D eigenvalue weighted by Gasteiger charge is 2.48. The smallest absolute Gasteiger partial charge is 0.409 e. The van der Waals surface area contributed by atoms with Gasteiger partial charge >= 0.3 is 12.2 Å². The number of carbonyl (C=O) groups excluding carboxylic acids is 3. The van der Waals surface area contributed by atoms with Crippen LogP contribution in [0.3, 0.4) is 0 Å². The van der Waals surface area contributed by atoms with Crippen LogP contribution in [0.4, 0.5) is 19.7 Å². The van der Waals surface area contributed by atoms with Gasteiger partial charge in [0.25, 0.3) is 0 Å². The Bertz CT molecular complexity index is 1590. The Morgan fingerprint density at radius 3 is 2.56 bits per heavy atom. The van der Waals surface area contributed by atoms with Crippen LogP contribution in [0, 0.1) is 5.82 Å². The summed E-state index contributed by atoms with van der Waals surface area (Å²) >= 11 is 6.21. The molecule has 0 radical (unpaired) electrons. The standard InChI is InChI=1S/C33H43ClFN5O7S/c1-3-47-32(43)39-17-15-33(16-18-39,22-9-11-23(34)12-10-22)29(38-31(42)46-2)30(41)37-28-8-4-7-27(35)26(28)14-13-25-20-36-24-6-5-19-48(44,45)40(25)21-24/h4,7-12,24-25,29,36H,3,5-6,13-21H2,1-2H3,(H,37,41)(H,38,42)/t24-,25+,29?/m1/s1. The van der Waals surface area contributed by atoms with Gasteiger partial charge in [0.2, 0.25) is 15.9 Å². The number of alkyl carbamates (subject to hydrolysis) is 1. The summed E-state index contributed by atoms with van der Waals surface area (Å²) in [7, 11) is -2.24. The van der Waals surface area contributed by atoms with Crippen molar-refractivity contribution >= 4 is 45.4 Å². The van der Waals surface area contributed by atoms with E-state index < -0.39 is 45.4 Å². The number of ether oxygens (including phenoxy) is 2. The van der Waals surface area contributed by atoms with Gasteiger partial charge in [-0.3, -0.25) is 4.79 Å². The maximum atomic E-state index is 15.5. The number of hydrogen-bond donors (Lipinski definition) is 3. The van der Waals surface area contributed by atoms with Gasteiger partial charge in [0, 0.05) is 60.0 Å². The Kier molecular flexibility index (Phi) is 11.5. The zero-order valence-corrected chi connectivity index (χ0v) is 28.7. The number of methoxy groups -OCH3 is 1. The fourth-order valence-electron chi connectivity index (χ4n) is 7.15. The minimum atomic E-state index is -3.43. The van der Waals surface area contributed by atoms with E-state index in [1.54, 1.807) is 46.5 Å². The van der Waals surface area contributed by atoms with Gasteiger partial charge in [-0.25, -0.2) is 22.4 Å². The zero-order valence-electron chi connectivity index (χ0n) is 27.2. The van der Waals surface area contributed by atoms with Crippen LogP contribution in [0.2, 0.25) is 5.02 Å². The summed E-state index contributed by atoms with van der Waals surface area (Å²) in [6, 6.07) is 9.86. The molecule has 0 spiro atoms. The van der Waals surface area contributed by atoms with E-state index in [9.17, 15) is 22.8 Å². The molecule has 3 saturated heterocycles. The minimum Gasteiger partial charge on any atom is -0.453 e. The lowest BCUT2D eigenvalue weighted by molar-refractivity contribution is -0.120. The summed E-state index contributed by atoms with van der Waals surface area (Å²) in [5.74, 6) is -1.06. The molecule has 3 amide bonds. The van der Waals surface area contributed by atoms with Crippen molar-refractivity contribution < 1.29 is 36.7 Å². The molecule has 2 aromatic carbocycles. The third-order valence-corrected chi connectivity index (χ3v) is 11.9. The average Bonchev–Trinajstić information content (AvgIpc) is 3.19. The number of carbonyl (C=O) groups is 3. The van der Waals surface area contributed by atoms with Crippen LogP contribution in [0.1, 0.15) is 50.2 Å². The average molecular weight is 708 g/mol. The van der Waals surface area contributed by atoms with Crippen LogP contribution >= 0.6 is 11.6 Å². The van der Waals surface area contributed by atoms with Crippen molar-refractivity contribution in [2.45, 2.75) is 69.0 Å². The Morgan fingerprint density at radius 1 is 1.15 bits per heavy atom. The molecule has 0 aromatic heterocycles. The molecule has 0 aliphatic carbocycles. The number of anilines is 1. The van der Waals surface area contributed by atoms with Crippen LogP contribution in [0.15, 0.2) is 42.5 Å². The van der Waals surface area contributed by atoms with Gasteiger partial charge in [-0.15, -0.1) is 0 Å². The predicted molar refractivity (Wildman–Crippen MR) is 179 cm³/mol. The highest BCUT2D eigenvalue weighted by molar-refractivity contribution is 7.89. The van der Waals surface area contributed by atoms with Crippen LogP contribution in [0.5, 0.6) is 0 Å². The monoisotopic (exact) mass is 707 g/mol. The SMILES string of the molecule is CCOC(=O)N1CCC(c2ccc(Cl)cc2)(C(NC(=O)OC)C(=O)Nc2cccc(F)c2CC[C@H]2CN[C@@H]3CCCS(=O)(=O)N2C3)CC1. The van der Waals surface area contributed by atoms with Crippen molar-refractivity contribution in [3.8, 4) is 0 Å². The molecule has 3 aliphatic heterocycles. The molecule has 48 heavy (non-hydrogen) atoms. The Hall–Kier alpha value is -3.46. The van der Waals surface area contributed by atoms with Crippen LogP contribution in [0.25, 0.3) is 0 Å². The summed E-state index contributed by atoms with van der Waals surface area (Å²) in [4.78, 5) is 41.2. The first-order valence-corrected chi connectivity index (χ1v) is 18.3. The molecular weight excluding hydrogens is 665 g/mol. The number of nitrogens with one attached hydrogen (secondary N) is 3. The van der Waals surface area contributed by atoms with Gasteiger partial charge in [0.15, 0.2) is 0 Å². The number of hydrogen-bond acceptors (Lipinski definition) is 8. The molecular formula is C33H43ClFN5O7S. The molecule has 12 nitrogen and oxygen atoms in total. The van der Waals surface area contributed by atoms with E-state index in [0.29, 0.717) is 36.5 Å². The van der Waals surface area contributed by atoms with E-state index in [-0.39, 0.29) is 68.0 Å². The van der Waals surface area contributed by atoms with Crippen molar-refractivity contribution in [3.05, 3.63) is 64.4 Å². The normalized spacial score (nSPS) is 23.7. The number of likely N-dealkylation sites (tertiary alicyclic amines) is 1. The molecule has 2 aromatic rings. The number of amides is 3. The number of sulfonamides is 1. The van der Waals surface area contributed by atoms with Gasteiger partial charge in [-0.2, -0.15) is 4.31 Å². The fourth-order valence-corrected chi connectivity index (χ4v) is 9.08. The van der Waals surface area contributed by atoms with E-state index in [4.69, 9.17) is 21.1 Å². The molecule has 3 heterocycles. The summed E-state index contributed by atoms with van der Waals surface area (Å²) < 4.78 is 53.1. The van der Waals surface area contributed by atoms with Crippen molar-refractivity contribution in [3.63, 3.8) is 0 Å². The Balaban J connectivity index is 1.43. The first-order chi connectivity index (χ1) is 23.0. The number of nitrogens with zero attached hydrogens (tertiary/aromatic N) is 2. The molecule has 3 N–H and O–H groups in total. The first kappa shape index (κ1) is 35.8. The molecule has 5 rings (SSSR count). The first-order valence-electron chi connectivity index (χ1n) is 16.3. The topological polar surface area (TPSA) is 146 Å². The largest absolute Gasteiger partial charge is 0.453 e. The van der Waals surface area contributed by atoms with E-state index in [2.05, 4.69) is 16.0 Å². The second kappa shape index (κ2) is 15.4. The lowest BCUT2D eigenvalue weighted by Crippen LogP contribution is -2.60. The summed E-state index contributed by atoms with van der Waals surface area (Å²) in [6.07, 6.45) is 1.14. The Labute approximate surface area is 285 Å². The van der Waals surface area contributed by atoms with Gasteiger partial charge in [-0.1, -0.05) is 29.8 Å². The number of halogens is 2. The Morgan fingerprint density at radius 2 is 1.88 bits per heavy atom. The van der Waals surface area contributed by atoms with E-state index in [1.165, 1.54) is 19.2 Å². The molecule has 2 unspecified atom stereocenters. The lowest BCUT2D eigenvalue weighted by atomic mass is 9.67. The van der Waals surface area contributed by atoms with E-state index in [0.717, 1.165) is 6.42 Å². The van der Waals surface area contributed by atoms with E-state index >= 15 is 4.39 Å². The quantitative estimate of drug-likeness (QED) is 0.354. The molecule has 15 heteroatoms. The molecule has 4 atom stereocenters. The van der Waals surface area contributed by atoms with Gasteiger partial charge < -0.3 is 30.3 Å². The number of fused-ring (bicyclic) bond motifs is 2. The molecule has 262 valence electrons. The number of piperazine rings is 1. The number of benzene rings is 2. The number of rotatable bonds is 9. The fraction of sp³-hybridized carbons (Fsp3) is 0.545. The second-order valence-electron chi connectivity index (χ2n) is 12.5. The third-order valence-electron chi connectivity index (χ3n) is 9.73. The lowest BCUT2D eigenvalue weighted by Gasteiger charge is -2.46. The molecule has 3 aliphatic rings. The molecule has 2 bridgehead atoms. The third kappa shape index (κ3) is 7.88. The van der Waals surface area contributed by atoms with Crippen molar-refractivity contribution in [2.24, 2.45) is 0 Å². The molecule has 3 fully saturated rings. The summed E-state index contributed by atoms with van der Waals surface area (Å²) in [5.41, 5.74) is 0.153. The van der Waals surface area contributed by atoms with Crippen LogP contribution in [-0.2, 0) is 36.1 Å². The van der Waals surface area contributed by atoms with Gasteiger partial charge in [0.1, 0.15) is 11.9 Å². The zero-order chi connectivity index (χ0) is 34.5.